The van der Waals surface area contributed by atoms with Gasteiger partial charge in [-0.1, -0.05) is 20.8 Å². The number of ether oxygens (including phenoxy) is 2. The fraction of sp³-hybridized carbons (Fsp3) is 0.933. The number of aliphatic carboxylic acids is 2. The summed E-state index contributed by atoms with van der Waals surface area (Å²) in [6.07, 6.45) is -4.76. The molecular weight excluding hydrogens is 582 g/mol. The van der Waals surface area contributed by atoms with E-state index in [1.54, 1.807) is 0 Å². The molecule has 16 atom stereocenters. The average molecular weight is 629 g/mol. The van der Waals surface area contributed by atoms with Crippen LogP contribution in [0.4, 0.5) is 0 Å². The number of carbonyl (C=O) groups is 2. The van der Waals surface area contributed by atoms with Crippen molar-refractivity contribution < 1.29 is 114 Å². The molecule has 0 spiro atoms. The predicted molar refractivity (Wildman–Crippen MR) is 138 cm³/mol. The second-order valence-electron chi connectivity index (χ2n) is 14.2. The van der Waals surface area contributed by atoms with E-state index in [0.717, 1.165) is 19.3 Å². The third-order valence-electron chi connectivity index (χ3n) is 12.4. The van der Waals surface area contributed by atoms with Crippen molar-refractivity contribution >= 4 is 11.9 Å². The van der Waals surface area contributed by atoms with Crippen molar-refractivity contribution in [3.63, 3.8) is 0 Å². The molecule has 1 aliphatic heterocycles. The largest absolute Gasteiger partial charge is 1.00 e. The Bertz CT molecular complexity index is 1000. The number of carboxylic acid groups (broad SMARTS) is 2. The first-order valence-electron chi connectivity index (χ1n) is 15.3. The van der Waals surface area contributed by atoms with Crippen molar-refractivity contribution in [2.75, 3.05) is 0 Å². The first kappa shape index (κ1) is 38.1. The second-order valence-corrected chi connectivity index (χ2v) is 14.2. The minimum absolute atomic E-state index is 0. The molecule has 0 radical (unpaired) electrons. The second kappa shape index (κ2) is 14.4. The molecule has 1 saturated heterocycles. The van der Waals surface area contributed by atoms with Crippen molar-refractivity contribution in [1.29, 1.82) is 0 Å². The van der Waals surface area contributed by atoms with Gasteiger partial charge in [-0.05, 0) is 104 Å². The Morgan fingerprint density at radius 1 is 0.930 bits per heavy atom. The summed E-state index contributed by atoms with van der Waals surface area (Å²) in [4.78, 5) is 22.5. The van der Waals surface area contributed by atoms with Gasteiger partial charge >= 0.3 is 59.1 Å². The molecule has 0 amide bonds. The minimum Gasteiger partial charge on any atom is -0.550 e. The van der Waals surface area contributed by atoms with E-state index in [2.05, 4.69) is 20.8 Å². The molecule has 5 aliphatic rings. The van der Waals surface area contributed by atoms with Crippen LogP contribution < -0.4 is 69.3 Å². The zero-order valence-electron chi connectivity index (χ0n) is 26.1. The van der Waals surface area contributed by atoms with Crippen molar-refractivity contribution in [1.82, 2.24) is 0 Å². The van der Waals surface area contributed by atoms with Crippen molar-refractivity contribution in [3.05, 3.63) is 0 Å². The van der Waals surface area contributed by atoms with Crippen LogP contribution in [0, 0.1) is 46.3 Å². The molecule has 0 aromatic rings. The Morgan fingerprint density at radius 3 is 2.23 bits per heavy atom. The standard InChI is InChI=1S/C30H48O11.2Na/c1-13(4-7-21(33)34)16-5-6-17-22-18(12-20(32)30(16,17)3)29(2)9-8-15(10-14(29)11-19(22)31)40-28-25(37)23(35)24(36)26(41-28)27(38)39;;/h13-20,22-26,28,31-32,35-37H,4-12H2,1-3H3,(H,33,34)(H,38,39);;/q;2*+1/p-2/t13-,14+,15-,16-,17+,18+,19-,20+,22+,23+,24+,25-,26+,28-,29+,30-;;/m1../s1. The molecule has 0 unspecified atom stereocenters. The third-order valence-corrected chi connectivity index (χ3v) is 12.4. The summed E-state index contributed by atoms with van der Waals surface area (Å²) in [5.41, 5.74) is -0.563. The molecule has 11 nitrogen and oxygen atoms in total. The van der Waals surface area contributed by atoms with Crippen LogP contribution in [0.1, 0.15) is 78.6 Å². The van der Waals surface area contributed by atoms with Gasteiger partial charge < -0.3 is 54.8 Å². The van der Waals surface area contributed by atoms with Gasteiger partial charge in [0, 0.05) is 5.97 Å². The predicted octanol–water partition coefficient (Wildman–Crippen LogP) is -7.30. The SMILES string of the molecule is C[C@H](CCC(=O)[O-])[C@H]1CC[C@H]2[C@@H]3[C@H](O)C[C@@H]4C[C@H](O[C@@H]5O[C@H](C(=O)[O-])[C@@H](O)[C@H](O)[C@H]5O)CC[C@]4(C)[C@H]3C[C@H](O)[C@]12C.[Na+].[Na+]. The number of carboxylic acids is 2. The Morgan fingerprint density at radius 2 is 1.60 bits per heavy atom. The number of rotatable bonds is 7. The molecule has 43 heavy (non-hydrogen) atoms. The third kappa shape index (κ3) is 6.69. The Labute approximate surface area is 297 Å². The molecule has 0 aromatic carbocycles. The molecule has 5 fully saturated rings. The quantitative estimate of drug-likeness (QED) is 0.133. The number of hydrogen-bond acceptors (Lipinski definition) is 11. The molecule has 234 valence electrons. The molecule has 5 N–H and O–H groups in total. The molecule has 0 bridgehead atoms. The fourth-order valence-electron chi connectivity index (χ4n) is 10.1. The van der Waals surface area contributed by atoms with Gasteiger partial charge in [0.2, 0.25) is 0 Å². The zero-order valence-corrected chi connectivity index (χ0v) is 30.1. The number of fused-ring (bicyclic) bond motifs is 5. The smallest absolute Gasteiger partial charge is 0.550 e. The van der Waals surface area contributed by atoms with Crippen LogP contribution in [0.2, 0.25) is 0 Å². The van der Waals surface area contributed by atoms with Gasteiger partial charge in [0.05, 0.1) is 24.3 Å². The maximum atomic E-state index is 11.7. The fourth-order valence-corrected chi connectivity index (χ4v) is 10.1. The number of carbonyl (C=O) groups excluding carboxylic acids is 2. The first-order valence-corrected chi connectivity index (χ1v) is 15.3. The van der Waals surface area contributed by atoms with E-state index in [0.29, 0.717) is 32.1 Å². The summed E-state index contributed by atoms with van der Waals surface area (Å²) in [7, 11) is 0. The maximum Gasteiger partial charge on any atom is 1.00 e. The average Bonchev–Trinajstić information content (AvgIpc) is 3.27. The number of aliphatic hydroxyl groups is 5. The molecule has 4 saturated carbocycles. The van der Waals surface area contributed by atoms with Gasteiger partial charge in [0.25, 0.3) is 0 Å². The first-order chi connectivity index (χ1) is 19.2. The van der Waals surface area contributed by atoms with Crippen LogP contribution in [0.5, 0.6) is 0 Å². The van der Waals surface area contributed by atoms with E-state index < -0.39 is 66.4 Å². The van der Waals surface area contributed by atoms with E-state index in [-0.39, 0.29) is 106 Å². The van der Waals surface area contributed by atoms with Crippen LogP contribution in [-0.2, 0) is 19.1 Å². The molecule has 13 heteroatoms. The van der Waals surface area contributed by atoms with Crippen molar-refractivity contribution in [2.45, 2.75) is 128 Å². The summed E-state index contributed by atoms with van der Waals surface area (Å²) >= 11 is 0. The van der Waals surface area contributed by atoms with Gasteiger partial charge in [-0.2, -0.15) is 0 Å². The van der Waals surface area contributed by atoms with Gasteiger partial charge in [-0.15, -0.1) is 0 Å². The summed E-state index contributed by atoms with van der Waals surface area (Å²) < 4.78 is 11.3. The number of hydrogen-bond donors (Lipinski definition) is 5. The van der Waals surface area contributed by atoms with Gasteiger partial charge in [-0.25, -0.2) is 0 Å². The van der Waals surface area contributed by atoms with E-state index >= 15 is 0 Å². The molecular formula is C30H46Na2O11. The summed E-state index contributed by atoms with van der Waals surface area (Å²) in [6, 6.07) is 0. The summed E-state index contributed by atoms with van der Waals surface area (Å²) in [5.74, 6) is -2.15. The molecule has 1 heterocycles. The molecule has 0 aromatic heterocycles. The van der Waals surface area contributed by atoms with Crippen LogP contribution >= 0.6 is 0 Å². The monoisotopic (exact) mass is 628 g/mol. The van der Waals surface area contributed by atoms with E-state index in [1.165, 1.54) is 0 Å². The summed E-state index contributed by atoms with van der Waals surface area (Å²) in [6.45, 7) is 6.44. The van der Waals surface area contributed by atoms with Gasteiger partial charge in [0.1, 0.15) is 24.4 Å². The Kier molecular flexibility index (Phi) is 12.8. The van der Waals surface area contributed by atoms with Gasteiger partial charge in [-0.3, -0.25) is 0 Å². The Balaban J connectivity index is 0.00000253. The van der Waals surface area contributed by atoms with E-state index in [1.807, 2.05) is 0 Å². The molecule has 5 rings (SSSR count). The topological polar surface area (TPSA) is 200 Å². The minimum atomic E-state index is -1.84. The van der Waals surface area contributed by atoms with Crippen LogP contribution in [0.3, 0.4) is 0 Å². The molecule has 4 aliphatic carbocycles. The van der Waals surface area contributed by atoms with Crippen molar-refractivity contribution in [3.8, 4) is 0 Å². The van der Waals surface area contributed by atoms with Crippen molar-refractivity contribution in [2.24, 2.45) is 46.3 Å². The van der Waals surface area contributed by atoms with E-state index in [4.69, 9.17) is 9.47 Å². The Hall–Kier alpha value is 0.660. The van der Waals surface area contributed by atoms with Gasteiger partial charge in [0.15, 0.2) is 6.29 Å². The summed E-state index contributed by atoms with van der Waals surface area (Å²) in [5, 5.41) is 76.3. The van der Waals surface area contributed by atoms with Crippen LogP contribution in [-0.4, -0.2) is 86.5 Å². The van der Waals surface area contributed by atoms with Crippen LogP contribution in [0.15, 0.2) is 0 Å². The zero-order chi connectivity index (χ0) is 30.0. The maximum absolute atomic E-state index is 11.7. The van der Waals surface area contributed by atoms with Crippen LogP contribution in [0.25, 0.3) is 0 Å². The normalized spacial score (nSPS) is 49.7. The van der Waals surface area contributed by atoms with E-state index in [9.17, 15) is 45.3 Å². The number of aliphatic hydroxyl groups excluding tert-OH is 5.